The molecule has 0 aliphatic heterocycles. The van der Waals surface area contributed by atoms with Crippen molar-refractivity contribution in [1.29, 1.82) is 0 Å². The molecule has 78 valence electrons. The first kappa shape index (κ1) is 12.0. The quantitative estimate of drug-likeness (QED) is 0.355. The Morgan fingerprint density at radius 1 is 1.53 bits per heavy atom. The largest absolute Gasteiger partial charge is 0.465 e. The first-order valence-corrected chi connectivity index (χ1v) is 5.31. The average Bonchev–Trinajstić information content (AvgIpc) is 2.20. The lowest BCUT2D eigenvalue weighted by Gasteiger charge is -2.05. The molecule has 0 amide bonds. The van der Waals surface area contributed by atoms with Crippen molar-refractivity contribution in [1.82, 2.24) is 0 Å². The van der Waals surface area contributed by atoms with Crippen LogP contribution in [0.2, 0.25) is 0 Å². The van der Waals surface area contributed by atoms with Crippen molar-refractivity contribution < 1.29 is 9.53 Å². The van der Waals surface area contributed by atoms with Crippen molar-refractivity contribution in [3.63, 3.8) is 0 Å². The van der Waals surface area contributed by atoms with E-state index in [9.17, 15) is 4.79 Å². The van der Waals surface area contributed by atoms with Crippen LogP contribution in [-0.4, -0.2) is 13.1 Å². The second kappa shape index (κ2) is 5.16. The monoisotopic (exact) mass is 333 g/mol. The number of carbonyl (C=O) groups is 1. The number of halogens is 2. The molecule has 0 spiro atoms. The number of hydrogen-bond donors (Lipinski definition) is 0. The topological polar surface area (TPSA) is 75.1 Å². The lowest BCUT2D eigenvalue weighted by atomic mass is 10.2. The van der Waals surface area contributed by atoms with Crippen LogP contribution < -0.4 is 0 Å². The lowest BCUT2D eigenvalue weighted by Crippen LogP contribution is -2.01. The van der Waals surface area contributed by atoms with Gasteiger partial charge in [-0.05, 0) is 17.7 Å². The second-order valence-electron chi connectivity index (χ2n) is 2.46. The Morgan fingerprint density at radius 3 is 2.73 bits per heavy atom. The molecule has 1 rings (SSSR count). The molecular formula is C8H5Br2N3O2. The van der Waals surface area contributed by atoms with E-state index in [1.54, 1.807) is 6.07 Å². The van der Waals surface area contributed by atoms with Gasteiger partial charge in [0.05, 0.1) is 18.4 Å². The molecule has 1 aromatic rings. The maximum absolute atomic E-state index is 11.4. The second-order valence-corrected chi connectivity index (χ2v) is 4.23. The van der Waals surface area contributed by atoms with Crippen LogP contribution in [0.5, 0.6) is 0 Å². The number of azide groups is 1. The number of ether oxygens (including phenoxy) is 1. The van der Waals surface area contributed by atoms with Gasteiger partial charge in [0.2, 0.25) is 0 Å². The van der Waals surface area contributed by atoms with Crippen LogP contribution in [0.15, 0.2) is 26.2 Å². The number of methoxy groups -OCH3 is 1. The molecule has 15 heavy (non-hydrogen) atoms. The molecule has 0 aliphatic carbocycles. The van der Waals surface area contributed by atoms with Gasteiger partial charge >= 0.3 is 5.97 Å². The van der Waals surface area contributed by atoms with Crippen LogP contribution >= 0.6 is 31.9 Å². The van der Waals surface area contributed by atoms with Crippen molar-refractivity contribution in [3.8, 4) is 0 Å². The van der Waals surface area contributed by atoms with E-state index < -0.39 is 5.97 Å². The van der Waals surface area contributed by atoms with E-state index in [-0.39, 0.29) is 11.3 Å². The molecule has 0 N–H and O–H groups in total. The molecular weight excluding hydrogens is 330 g/mol. The van der Waals surface area contributed by atoms with Crippen molar-refractivity contribution in [2.75, 3.05) is 7.11 Å². The molecule has 1 aromatic carbocycles. The van der Waals surface area contributed by atoms with Crippen LogP contribution in [0.4, 0.5) is 5.69 Å². The maximum Gasteiger partial charge on any atom is 0.338 e. The van der Waals surface area contributed by atoms with Gasteiger partial charge in [0.1, 0.15) is 0 Å². The van der Waals surface area contributed by atoms with E-state index in [1.165, 1.54) is 13.2 Å². The summed E-state index contributed by atoms with van der Waals surface area (Å²) < 4.78 is 5.78. The number of rotatable bonds is 2. The molecule has 0 radical (unpaired) electrons. The fraction of sp³-hybridized carbons (Fsp3) is 0.125. The molecule has 0 aliphatic rings. The van der Waals surface area contributed by atoms with Gasteiger partial charge in [-0.3, -0.25) is 0 Å². The van der Waals surface area contributed by atoms with Crippen LogP contribution in [0.1, 0.15) is 10.4 Å². The molecule has 0 aromatic heterocycles. The first-order valence-electron chi connectivity index (χ1n) is 3.72. The Hall–Kier alpha value is -1.04. The van der Waals surface area contributed by atoms with E-state index in [4.69, 9.17) is 5.53 Å². The van der Waals surface area contributed by atoms with Crippen LogP contribution in [0, 0.1) is 0 Å². The zero-order valence-corrected chi connectivity index (χ0v) is 10.7. The van der Waals surface area contributed by atoms with Crippen molar-refractivity contribution in [2.24, 2.45) is 5.11 Å². The summed E-state index contributed by atoms with van der Waals surface area (Å²) in [5.41, 5.74) is 8.79. The van der Waals surface area contributed by atoms with Gasteiger partial charge in [-0.15, -0.1) is 0 Å². The molecule has 0 saturated carbocycles. The Kier molecular flexibility index (Phi) is 4.14. The Bertz CT molecular complexity index is 455. The highest BCUT2D eigenvalue weighted by Gasteiger charge is 2.14. The number of carbonyl (C=O) groups excluding carboxylic acids is 1. The standard InChI is InChI=1S/C8H5Br2N3O2/c1-15-8(14)5-2-4(9)3-6(10)7(5)12-13-11/h2-3H,1H3. The summed E-state index contributed by atoms with van der Waals surface area (Å²) in [6.07, 6.45) is 0. The predicted octanol–water partition coefficient (Wildman–Crippen LogP) is 3.94. The van der Waals surface area contributed by atoms with E-state index in [2.05, 4.69) is 46.6 Å². The number of esters is 1. The fourth-order valence-corrected chi connectivity index (χ4v) is 2.28. The zero-order valence-electron chi connectivity index (χ0n) is 7.57. The minimum absolute atomic E-state index is 0.205. The van der Waals surface area contributed by atoms with Gasteiger partial charge in [0.15, 0.2) is 0 Å². The first-order chi connectivity index (χ1) is 7.10. The van der Waals surface area contributed by atoms with Gasteiger partial charge in [0.25, 0.3) is 0 Å². The van der Waals surface area contributed by atoms with Crippen LogP contribution in [-0.2, 0) is 4.74 Å². The normalized spacial score (nSPS) is 9.27. The fourth-order valence-electron chi connectivity index (χ4n) is 0.978. The summed E-state index contributed by atoms with van der Waals surface area (Å²) in [4.78, 5) is 14.0. The average molecular weight is 335 g/mol. The molecule has 5 nitrogen and oxygen atoms in total. The Morgan fingerprint density at radius 2 is 2.20 bits per heavy atom. The predicted molar refractivity (Wildman–Crippen MR) is 62.0 cm³/mol. The van der Waals surface area contributed by atoms with Crippen molar-refractivity contribution >= 4 is 43.5 Å². The highest BCUT2D eigenvalue weighted by atomic mass is 79.9. The smallest absolute Gasteiger partial charge is 0.338 e. The molecule has 0 unspecified atom stereocenters. The van der Waals surface area contributed by atoms with E-state index in [1.807, 2.05) is 0 Å². The molecule has 0 saturated heterocycles. The van der Waals surface area contributed by atoms with Gasteiger partial charge in [-0.2, -0.15) is 0 Å². The number of benzene rings is 1. The third-order valence-electron chi connectivity index (χ3n) is 1.58. The number of hydrogen-bond acceptors (Lipinski definition) is 3. The molecule has 0 atom stereocenters. The van der Waals surface area contributed by atoms with Gasteiger partial charge in [-0.25, -0.2) is 4.79 Å². The third kappa shape index (κ3) is 2.71. The minimum Gasteiger partial charge on any atom is -0.465 e. The van der Waals surface area contributed by atoms with E-state index in [0.29, 0.717) is 8.95 Å². The Labute approximate surface area is 102 Å². The lowest BCUT2D eigenvalue weighted by molar-refractivity contribution is 0.0601. The third-order valence-corrected chi connectivity index (χ3v) is 2.64. The summed E-state index contributed by atoms with van der Waals surface area (Å²) in [7, 11) is 1.26. The summed E-state index contributed by atoms with van der Waals surface area (Å²) in [6.45, 7) is 0. The van der Waals surface area contributed by atoms with Gasteiger partial charge in [-0.1, -0.05) is 37.0 Å². The molecule has 0 heterocycles. The number of nitrogens with zero attached hydrogens (tertiary/aromatic N) is 3. The maximum atomic E-state index is 11.4. The van der Waals surface area contributed by atoms with Crippen molar-refractivity contribution in [3.05, 3.63) is 37.1 Å². The SMILES string of the molecule is COC(=O)c1cc(Br)cc(Br)c1N=[N+]=[N-]. The van der Waals surface area contributed by atoms with Gasteiger partial charge in [0, 0.05) is 13.9 Å². The van der Waals surface area contributed by atoms with E-state index in [0.717, 1.165) is 0 Å². The zero-order chi connectivity index (χ0) is 11.4. The summed E-state index contributed by atoms with van der Waals surface area (Å²) >= 11 is 6.42. The molecule has 0 bridgehead atoms. The van der Waals surface area contributed by atoms with Crippen molar-refractivity contribution in [2.45, 2.75) is 0 Å². The molecule has 7 heteroatoms. The summed E-state index contributed by atoms with van der Waals surface area (Å²) in [5, 5.41) is 3.43. The summed E-state index contributed by atoms with van der Waals surface area (Å²) in [6, 6.07) is 3.21. The Balaban J connectivity index is 3.45. The highest BCUT2D eigenvalue weighted by Crippen LogP contribution is 2.33. The van der Waals surface area contributed by atoms with Crippen LogP contribution in [0.3, 0.4) is 0 Å². The molecule has 0 fully saturated rings. The van der Waals surface area contributed by atoms with Crippen LogP contribution in [0.25, 0.3) is 10.4 Å². The highest BCUT2D eigenvalue weighted by molar-refractivity contribution is 9.11. The minimum atomic E-state index is -0.556. The van der Waals surface area contributed by atoms with Gasteiger partial charge < -0.3 is 4.74 Å². The van der Waals surface area contributed by atoms with E-state index >= 15 is 0 Å². The summed E-state index contributed by atoms with van der Waals surface area (Å²) in [5.74, 6) is -0.556.